The summed E-state index contributed by atoms with van der Waals surface area (Å²) in [6.45, 7) is 2.23. The summed E-state index contributed by atoms with van der Waals surface area (Å²) in [6.07, 6.45) is 5.07. The second kappa shape index (κ2) is 7.65. The quantitative estimate of drug-likeness (QED) is 0.305. The van der Waals surface area contributed by atoms with Gasteiger partial charge in [0, 0.05) is 24.7 Å². The first-order chi connectivity index (χ1) is 16.4. The van der Waals surface area contributed by atoms with E-state index in [1.807, 2.05) is 31.2 Å². The fraction of sp³-hybridized carbons (Fsp3) is 0.333. The number of carbonyl (C=O) groups is 4. The Morgan fingerprint density at radius 3 is 2.26 bits per heavy atom. The summed E-state index contributed by atoms with van der Waals surface area (Å²) < 4.78 is 5.59. The van der Waals surface area contributed by atoms with Gasteiger partial charge < -0.3 is 9.64 Å². The van der Waals surface area contributed by atoms with Gasteiger partial charge in [0.1, 0.15) is 5.75 Å². The number of hydrogen-bond acceptors (Lipinski definition) is 5. The Kier molecular flexibility index (Phi) is 4.69. The van der Waals surface area contributed by atoms with Crippen LogP contribution in [0, 0.1) is 36.5 Å². The summed E-state index contributed by atoms with van der Waals surface area (Å²) in [6, 6.07) is 14.1. The van der Waals surface area contributed by atoms with Gasteiger partial charge in [-0.15, -0.1) is 0 Å². The molecule has 4 aliphatic rings. The van der Waals surface area contributed by atoms with Crippen molar-refractivity contribution in [2.24, 2.45) is 29.6 Å². The third kappa shape index (κ3) is 3.18. The molecular formula is C27H24N2O5. The Balaban J connectivity index is 1.16. The van der Waals surface area contributed by atoms with E-state index in [1.165, 1.54) is 4.90 Å². The molecule has 1 saturated carbocycles. The third-order valence-corrected chi connectivity index (χ3v) is 7.57. The lowest BCUT2D eigenvalue weighted by Crippen LogP contribution is -2.32. The van der Waals surface area contributed by atoms with Crippen molar-refractivity contribution in [2.45, 2.75) is 19.8 Å². The van der Waals surface area contributed by atoms with Crippen molar-refractivity contribution >= 4 is 35.1 Å². The van der Waals surface area contributed by atoms with Gasteiger partial charge in [0.2, 0.25) is 17.7 Å². The third-order valence-electron chi connectivity index (χ3n) is 7.57. The second-order valence-electron chi connectivity index (χ2n) is 9.67. The zero-order valence-corrected chi connectivity index (χ0v) is 18.7. The summed E-state index contributed by atoms with van der Waals surface area (Å²) in [4.78, 5) is 54.4. The molecule has 6 rings (SSSR count). The summed E-state index contributed by atoms with van der Waals surface area (Å²) >= 11 is 0. The molecule has 2 heterocycles. The Morgan fingerprint density at radius 1 is 0.912 bits per heavy atom. The number of nitrogens with zero attached hydrogens (tertiary/aromatic N) is 2. The topological polar surface area (TPSA) is 84.0 Å². The van der Waals surface area contributed by atoms with Gasteiger partial charge in [-0.25, -0.2) is 4.90 Å². The minimum absolute atomic E-state index is 0.0780. The standard InChI is InChI=1S/C27H24N2O5/c1-15-5-9-19(10-6-15)28-14-18(12-22(28)30)27(33)34-21-4-2-3-20(13-21)29-25(31)23-16-7-8-17(11-16)24(23)26(29)32/h2-10,13,16-18,23-24H,11-12,14H2,1H3/t16-,17+,18-,23+,24+/m1/s1. The van der Waals surface area contributed by atoms with E-state index in [-0.39, 0.29) is 60.1 Å². The average molecular weight is 456 g/mol. The molecule has 2 aliphatic heterocycles. The highest BCUT2D eigenvalue weighted by Gasteiger charge is 2.59. The second-order valence-corrected chi connectivity index (χ2v) is 9.67. The fourth-order valence-corrected chi connectivity index (χ4v) is 5.88. The molecule has 7 nitrogen and oxygen atoms in total. The Labute approximate surface area is 197 Å². The highest BCUT2D eigenvalue weighted by atomic mass is 16.5. The minimum atomic E-state index is -0.589. The Morgan fingerprint density at radius 2 is 1.59 bits per heavy atom. The van der Waals surface area contributed by atoms with Crippen LogP contribution < -0.4 is 14.5 Å². The molecule has 3 amide bonds. The van der Waals surface area contributed by atoms with E-state index in [1.54, 1.807) is 29.2 Å². The molecule has 2 aliphatic carbocycles. The number of amides is 3. The number of allylic oxidation sites excluding steroid dienone is 2. The highest BCUT2D eigenvalue weighted by Crippen LogP contribution is 2.53. The first-order valence-electron chi connectivity index (χ1n) is 11.7. The molecule has 2 aromatic rings. The molecule has 3 fully saturated rings. The van der Waals surface area contributed by atoms with Crippen molar-refractivity contribution in [3.63, 3.8) is 0 Å². The molecule has 0 spiro atoms. The van der Waals surface area contributed by atoms with Crippen LogP contribution in [-0.2, 0) is 19.2 Å². The molecule has 0 aromatic heterocycles. The fourth-order valence-electron chi connectivity index (χ4n) is 5.88. The van der Waals surface area contributed by atoms with Gasteiger partial charge in [-0.05, 0) is 49.4 Å². The van der Waals surface area contributed by atoms with Crippen LogP contribution in [0.2, 0.25) is 0 Å². The van der Waals surface area contributed by atoms with E-state index in [2.05, 4.69) is 12.2 Å². The Bertz CT molecular complexity index is 1220. The van der Waals surface area contributed by atoms with E-state index < -0.39 is 11.9 Å². The largest absolute Gasteiger partial charge is 0.426 e. The van der Waals surface area contributed by atoms with Crippen molar-refractivity contribution in [3.8, 4) is 5.75 Å². The Hall–Kier alpha value is -3.74. The molecule has 2 bridgehead atoms. The number of rotatable bonds is 4. The molecule has 0 unspecified atom stereocenters. The van der Waals surface area contributed by atoms with Crippen LogP contribution in [0.25, 0.3) is 0 Å². The zero-order valence-electron chi connectivity index (χ0n) is 18.7. The first kappa shape index (κ1) is 20.8. The van der Waals surface area contributed by atoms with Crippen molar-refractivity contribution in [1.82, 2.24) is 0 Å². The van der Waals surface area contributed by atoms with Gasteiger partial charge in [-0.2, -0.15) is 0 Å². The maximum atomic E-state index is 13.1. The molecule has 0 N–H and O–H groups in total. The van der Waals surface area contributed by atoms with E-state index in [0.717, 1.165) is 17.7 Å². The maximum absolute atomic E-state index is 13.1. The lowest BCUT2D eigenvalue weighted by Gasteiger charge is -2.18. The van der Waals surface area contributed by atoms with Gasteiger partial charge in [-0.3, -0.25) is 19.2 Å². The number of hydrogen-bond donors (Lipinski definition) is 0. The number of imide groups is 1. The highest BCUT2D eigenvalue weighted by molar-refractivity contribution is 6.22. The molecule has 2 aromatic carbocycles. The van der Waals surface area contributed by atoms with E-state index in [4.69, 9.17) is 4.74 Å². The summed E-state index contributed by atoms with van der Waals surface area (Å²) in [5, 5.41) is 0. The van der Waals surface area contributed by atoms with Gasteiger partial charge >= 0.3 is 5.97 Å². The molecule has 34 heavy (non-hydrogen) atoms. The van der Waals surface area contributed by atoms with Crippen molar-refractivity contribution in [2.75, 3.05) is 16.3 Å². The van der Waals surface area contributed by atoms with E-state index in [0.29, 0.717) is 5.69 Å². The lowest BCUT2D eigenvalue weighted by molar-refractivity contribution is -0.139. The van der Waals surface area contributed by atoms with Crippen molar-refractivity contribution in [1.29, 1.82) is 0 Å². The van der Waals surface area contributed by atoms with Crippen LogP contribution in [0.5, 0.6) is 5.75 Å². The lowest BCUT2D eigenvalue weighted by atomic mass is 9.85. The van der Waals surface area contributed by atoms with Crippen LogP contribution in [-0.4, -0.2) is 30.2 Å². The number of esters is 1. The smallest absolute Gasteiger partial charge is 0.316 e. The predicted molar refractivity (Wildman–Crippen MR) is 124 cm³/mol. The van der Waals surface area contributed by atoms with Crippen molar-refractivity contribution in [3.05, 3.63) is 66.2 Å². The van der Waals surface area contributed by atoms with Crippen molar-refractivity contribution < 1.29 is 23.9 Å². The van der Waals surface area contributed by atoms with Crippen LogP contribution in [0.3, 0.4) is 0 Å². The first-order valence-corrected chi connectivity index (χ1v) is 11.7. The number of benzene rings is 2. The maximum Gasteiger partial charge on any atom is 0.316 e. The molecule has 2 saturated heterocycles. The number of aryl methyl sites for hydroxylation is 1. The predicted octanol–water partition coefficient (Wildman–Crippen LogP) is 3.27. The van der Waals surface area contributed by atoms with Gasteiger partial charge in [0.25, 0.3) is 0 Å². The molecule has 0 radical (unpaired) electrons. The van der Waals surface area contributed by atoms with Gasteiger partial charge in [-0.1, -0.05) is 35.9 Å². The molecule has 5 atom stereocenters. The number of carbonyl (C=O) groups excluding carboxylic acids is 4. The minimum Gasteiger partial charge on any atom is -0.426 e. The van der Waals surface area contributed by atoms with E-state index >= 15 is 0 Å². The SMILES string of the molecule is Cc1ccc(N2C[C@H](C(=O)Oc3cccc(N4C(=O)[C@@H]5[C@@H](C4=O)[C@H]4C=C[C@@H]5C4)c3)CC2=O)cc1. The molecule has 7 heteroatoms. The van der Waals surface area contributed by atoms with Crippen LogP contribution in [0.15, 0.2) is 60.7 Å². The van der Waals surface area contributed by atoms with Gasteiger partial charge in [0.15, 0.2) is 0 Å². The molecule has 172 valence electrons. The van der Waals surface area contributed by atoms with E-state index in [9.17, 15) is 19.2 Å². The average Bonchev–Trinajstić information content (AvgIpc) is 3.58. The number of ether oxygens (including phenoxy) is 1. The van der Waals surface area contributed by atoms with Crippen LogP contribution >= 0.6 is 0 Å². The number of fused-ring (bicyclic) bond motifs is 5. The van der Waals surface area contributed by atoms with Crippen LogP contribution in [0.4, 0.5) is 11.4 Å². The summed E-state index contributed by atoms with van der Waals surface area (Å²) in [7, 11) is 0. The van der Waals surface area contributed by atoms with Gasteiger partial charge in [0.05, 0.1) is 23.4 Å². The summed E-state index contributed by atoms with van der Waals surface area (Å²) in [5.74, 6) is -1.62. The van der Waals surface area contributed by atoms with Crippen LogP contribution in [0.1, 0.15) is 18.4 Å². The summed E-state index contributed by atoms with van der Waals surface area (Å²) in [5.41, 5.74) is 2.26. The zero-order chi connectivity index (χ0) is 23.6. The molecular weight excluding hydrogens is 432 g/mol. The normalized spacial score (nSPS) is 29.3. The number of anilines is 2. The monoisotopic (exact) mass is 456 g/mol.